The molecule has 0 unspecified atom stereocenters. The number of halogens is 2. The highest BCUT2D eigenvalue weighted by molar-refractivity contribution is 9.10. The second kappa shape index (κ2) is 8.49. The van der Waals surface area contributed by atoms with E-state index in [2.05, 4.69) is 26.1 Å². The molecule has 0 aliphatic heterocycles. The van der Waals surface area contributed by atoms with Gasteiger partial charge in [0.05, 0.1) is 0 Å². The third-order valence-corrected chi connectivity index (χ3v) is 5.11. The summed E-state index contributed by atoms with van der Waals surface area (Å²) in [4.78, 5) is 0. The average molecular weight is 422 g/mol. The lowest BCUT2D eigenvalue weighted by molar-refractivity contribution is 0.288. The first-order chi connectivity index (χ1) is 12.2. The van der Waals surface area contributed by atoms with E-state index in [-0.39, 0.29) is 5.82 Å². The maximum absolute atomic E-state index is 13.3. The van der Waals surface area contributed by atoms with E-state index in [0.29, 0.717) is 12.4 Å². The zero-order valence-electron chi connectivity index (χ0n) is 13.7. The second-order valence-electron chi connectivity index (χ2n) is 5.30. The van der Waals surface area contributed by atoms with Crippen LogP contribution in [0.3, 0.4) is 0 Å². The zero-order valence-corrected chi connectivity index (χ0v) is 16.1. The lowest BCUT2D eigenvalue weighted by atomic mass is 10.2. The van der Waals surface area contributed by atoms with Crippen LogP contribution in [0, 0.1) is 5.82 Å². The fraction of sp³-hybridized carbons (Fsp3) is 0.222. The zero-order chi connectivity index (χ0) is 17.6. The van der Waals surface area contributed by atoms with Gasteiger partial charge in [0.2, 0.25) is 0 Å². The van der Waals surface area contributed by atoms with Crippen LogP contribution < -0.4 is 4.74 Å². The molecule has 0 spiro atoms. The van der Waals surface area contributed by atoms with Gasteiger partial charge in [-0.15, -0.1) is 10.2 Å². The Hall–Kier alpha value is -1.86. The molecule has 0 saturated heterocycles. The summed E-state index contributed by atoms with van der Waals surface area (Å²) in [6.45, 7) is 3.14. The number of thioether (sulfide) groups is 1. The van der Waals surface area contributed by atoms with E-state index in [0.717, 1.165) is 33.3 Å². The van der Waals surface area contributed by atoms with Gasteiger partial charge in [-0.2, -0.15) is 0 Å². The summed E-state index contributed by atoms with van der Waals surface area (Å²) in [5, 5.41) is 9.29. The molecule has 1 heterocycles. The van der Waals surface area contributed by atoms with E-state index < -0.39 is 0 Å². The van der Waals surface area contributed by atoms with Crippen LogP contribution >= 0.6 is 27.7 Å². The largest absolute Gasteiger partial charge is 0.486 e. The minimum absolute atomic E-state index is 0.223. The van der Waals surface area contributed by atoms with Gasteiger partial charge < -0.3 is 9.30 Å². The monoisotopic (exact) mass is 421 g/mol. The molecule has 0 bridgehead atoms. The van der Waals surface area contributed by atoms with Crippen molar-refractivity contribution in [3.8, 4) is 5.75 Å². The standard InChI is InChI=1S/C18H17BrFN3OS/c1-2-23-17(11-24-16-8-6-14(19)7-9-16)21-22-18(23)25-12-13-4-3-5-15(20)10-13/h3-10H,2,11-12H2,1H3. The molecular weight excluding hydrogens is 405 g/mol. The number of benzene rings is 2. The number of hydrogen-bond donors (Lipinski definition) is 0. The molecular formula is C18H17BrFN3OS. The SMILES string of the molecule is CCn1c(COc2ccc(Br)cc2)nnc1SCc1cccc(F)c1. The van der Waals surface area contributed by atoms with Crippen molar-refractivity contribution in [3.05, 3.63) is 70.2 Å². The summed E-state index contributed by atoms with van der Waals surface area (Å²) in [6, 6.07) is 14.3. The van der Waals surface area contributed by atoms with E-state index >= 15 is 0 Å². The average Bonchev–Trinajstić information content (AvgIpc) is 3.01. The Labute approximate surface area is 158 Å². The van der Waals surface area contributed by atoms with Crippen LogP contribution in [-0.4, -0.2) is 14.8 Å². The van der Waals surface area contributed by atoms with Crippen molar-refractivity contribution in [2.75, 3.05) is 0 Å². The second-order valence-corrected chi connectivity index (χ2v) is 7.16. The molecule has 0 saturated carbocycles. The quantitative estimate of drug-likeness (QED) is 0.499. The Morgan fingerprint density at radius 3 is 2.68 bits per heavy atom. The van der Waals surface area contributed by atoms with Gasteiger partial charge in [-0.25, -0.2) is 4.39 Å². The predicted octanol–water partition coefficient (Wildman–Crippen LogP) is 5.07. The minimum Gasteiger partial charge on any atom is -0.486 e. The predicted molar refractivity (Wildman–Crippen MR) is 100 cm³/mol. The Balaban J connectivity index is 1.64. The van der Waals surface area contributed by atoms with Gasteiger partial charge in [0.1, 0.15) is 18.2 Å². The highest BCUT2D eigenvalue weighted by Crippen LogP contribution is 2.23. The van der Waals surface area contributed by atoms with Crippen molar-refractivity contribution in [2.45, 2.75) is 31.0 Å². The lowest BCUT2D eigenvalue weighted by Gasteiger charge is -2.09. The Morgan fingerprint density at radius 2 is 1.96 bits per heavy atom. The van der Waals surface area contributed by atoms with Crippen molar-refractivity contribution in [1.29, 1.82) is 0 Å². The van der Waals surface area contributed by atoms with Gasteiger partial charge in [-0.05, 0) is 48.9 Å². The molecule has 3 rings (SSSR count). The van der Waals surface area contributed by atoms with E-state index in [1.54, 1.807) is 6.07 Å². The van der Waals surface area contributed by atoms with Crippen LogP contribution in [0.5, 0.6) is 5.75 Å². The summed E-state index contributed by atoms with van der Waals surface area (Å²) in [5.41, 5.74) is 0.920. The van der Waals surface area contributed by atoms with E-state index in [1.807, 2.05) is 41.8 Å². The summed E-state index contributed by atoms with van der Waals surface area (Å²) >= 11 is 4.94. The van der Waals surface area contributed by atoms with Crippen LogP contribution in [0.4, 0.5) is 4.39 Å². The summed E-state index contributed by atoms with van der Waals surface area (Å²) in [7, 11) is 0. The molecule has 1 aromatic heterocycles. The van der Waals surface area contributed by atoms with Gasteiger partial charge in [0.25, 0.3) is 0 Å². The molecule has 0 atom stereocenters. The molecule has 25 heavy (non-hydrogen) atoms. The molecule has 0 aliphatic rings. The molecule has 130 valence electrons. The number of hydrogen-bond acceptors (Lipinski definition) is 4. The van der Waals surface area contributed by atoms with Crippen LogP contribution in [-0.2, 0) is 18.9 Å². The van der Waals surface area contributed by atoms with Crippen LogP contribution in [0.15, 0.2) is 58.2 Å². The number of aromatic nitrogens is 3. The third kappa shape index (κ3) is 4.83. The molecule has 2 aromatic carbocycles. The van der Waals surface area contributed by atoms with Gasteiger partial charge in [0.15, 0.2) is 11.0 Å². The molecule has 0 aliphatic carbocycles. The molecule has 0 N–H and O–H groups in total. The fourth-order valence-electron chi connectivity index (χ4n) is 2.30. The van der Waals surface area contributed by atoms with Gasteiger partial charge in [-0.1, -0.05) is 39.8 Å². The Kier molecular flexibility index (Phi) is 6.09. The fourth-order valence-corrected chi connectivity index (χ4v) is 3.53. The van der Waals surface area contributed by atoms with Crippen molar-refractivity contribution >= 4 is 27.7 Å². The van der Waals surface area contributed by atoms with Gasteiger partial charge in [-0.3, -0.25) is 0 Å². The molecule has 0 radical (unpaired) electrons. The van der Waals surface area contributed by atoms with Crippen LogP contribution in [0.2, 0.25) is 0 Å². The van der Waals surface area contributed by atoms with Crippen molar-refractivity contribution in [1.82, 2.24) is 14.8 Å². The summed E-state index contributed by atoms with van der Waals surface area (Å²) < 4.78 is 22.1. The smallest absolute Gasteiger partial charge is 0.191 e. The Bertz CT molecular complexity index is 839. The molecule has 0 fully saturated rings. The third-order valence-electron chi connectivity index (χ3n) is 3.55. The van der Waals surface area contributed by atoms with Crippen molar-refractivity contribution in [3.63, 3.8) is 0 Å². The molecule has 3 aromatic rings. The van der Waals surface area contributed by atoms with Crippen LogP contribution in [0.1, 0.15) is 18.3 Å². The maximum Gasteiger partial charge on any atom is 0.191 e. The van der Waals surface area contributed by atoms with E-state index in [1.165, 1.54) is 23.9 Å². The first-order valence-corrected chi connectivity index (χ1v) is 9.61. The van der Waals surface area contributed by atoms with E-state index in [9.17, 15) is 4.39 Å². The van der Waals surface area contributed by atoms with Crippen molar-refractivity contribution < 1.29 is 9.13 Å². The normalized spacial score (nSPS) is 10.8. The Morgan fingerprint density at radius 1 is 1.16 bits per heavy atom. The topological polar surface area (TPSA) is 39.9 Å². The molecule has 7 heteroatoms. The highest BCUT2D eigenvalue weighted by Gasteiger charge is 2.12. The minimum atomic E-state index is -0.223. The summed E-state index contributed by atoms with van der Waals surface area (Å²) in [5.74, 6) is 1.97. The van der Waals surface area contributed by atoms with Gasteiger partial charge in [0, 0.05) is 16.8 Å². The number of nitrogens with zero attached hydrogens (tertiary/aromatic N) is 3. The first-order valence-electron chi connectivity index (χ1n) is 7.83. The highest BCUT2D eigenvalue weighted by atomic mass is 79.9. The lowest BCUT2D eigenvalue weighted by Crippen LogP contribution is -2.07. The summed E-state index contributed by atoms with van der Waals surface area (Å²) in [6.07, 6.45) is 0. The van der Waals surface area contributed by atoms with Gasteiger partial charge >= 0.3 is 0 Å². The van der Waals surface area contributed by atoms with Crippen molar-refractivity contribution in [2.24, 2.45) is 0 Å². The first kappa shape index (κ1) is 17.9. The molecule has 0 amide bonds. The maximum atomic E-state index is 13.3. The number of ether oxygens (including phenoxy) is 1. The van der Waals surface area contributed by atoms with E-state index in [4.69, 9.17) is 4.74 Å². The number of rotatable bonds is 7. The molecule has 4 nitrogen and oxygen atoms in total. The van der Waals surface area contributed by atoms with Crippen LogP contribution in [0.25, 0.3) is 0 Å².